The lowest BCUT2D eigenvalue weighted by atomic mass is 9.71. The van der Waals surface area contributed by atoms with E-state index < -0.39 is 0 Å². The summed E-state index contributed by atoms with van der Waals surface area (Å²) in [6, 6.07) is -0.0588. The lowest BCUT2D eigenvalue weighted by Crippen LogP contribution is -2.35. The van der Waals surface area contributed by atoms with Crippen LogP contribution in [0.2, 0.25) is 0 Å². The van der Waals surface area contributed by atoms with E-state index >= 15 is 0 Å². The monoisotopic (exact) mass is 241 g/mol. The largest absolute Gasteiger partial charge is 0.462 e. The summed E-state index contributed by atoms with van der Waals surface area (Å²) in [6.07, 6.45) is 4.45. The fraction of sp³-hybridized carbons (Fsp3) is 0.929. The summed E-state index contributed by atoms with van der Waals surface area (Å²) in [6.45, 7) is 8.73. The number of hydrogen-bond acceptors (Lipinski definition) is 3. The van der Waals surface area contributed by atoms with E-state index in [-0.39, 0.29) is 23.5 Å². The fourth-order valence-electron chi connectivity index (χ4n) is 2.94. The van der Waals surface area contributed by atoms with E-state index in [0.717, 1.165) is 19.3 Å². The van der Waals surface area contributed by atoms with Crippen molar-refractivity contribution in [2.75, 3.05) is 0 Å². The van der Waals surface area contributed by atoms with Gasteiger partial charge in [-0.1, -0.05) is 27.7 Å². The molecule has 3 nitrogen and oxygen atoms in total. The van der Waals surface area contributed by atoms with Crippen LogP contribution in [0.5, 0.6) is 0 Å². The van der Waals surface area contributed by atoms with Gasteiger partial charge in [-0.25, -0.2) is 0 Å². The predicted molar refractivity (Wildman–Crippen MR) is 69.6 cm³/mol. The van der Waals surface area contributed by atoms with Crippen LogP contribution in [0.4, 0.5) is 0 Å². The van der Waals surface area contributed by atoms with Gasteiger partial charge in [-0.15, -0.1) is 0 Å². The standard InChI is InChI=1S/C14H27NO2/c1-5-11(15)7-13(16)17-12-6-10(2)8-14(3,4)9-12/h10-12H,5-9,15H2,1-4H3. The van der Waals surface area contributed by atoms with Gasteiger partial charge in [0.25, 0.3) is 0 Å². The van der Waals surface area contributed by atoms with Crippen molar-refractivity contribution in [3.05, 3.63) is 0 Å². The number of carbonyl (C=O) groups excluding carboxylic acids is 1. The summed E-state index contributed by atoms with van der Waals surface area (Å²) in [5.74, 6) is 0.505. The third kappa shape index (κ3) is 5.07. The number of carbonyl (C=O) groups is 1. The van der Waals surface area contributed by atoms with Crippen LogP contribution in [0.1, 0.15) is 59.8 Å². The summed E-state index contributed by atoms with van der Waals surface area (Å²) in [5.41, 5.74) is 6.05. The fourth-order valence-corrected chi connectivity index (χ4v) is 2.94. The Labute approximate surface area is 105 Å². The molecule has 0 aromatic rings. The normalized spacial score (nSPS) is 29.7. The van der Waals surface area contributed by atoms with Crippen LogP contribution < -0.4 is 5.73 Å². The molecule has 3 atom stereocenters. The van der Waals surface area contributed by atoms with Gasteiger partial charge in [0.15, 0.2) is 0 Å². The zero-order valence-corrected chi connectivity index (χ0v) is 11.7. The van der Waals surface area contributed by atoms with Crippen molar-refractivity contribution < 1.29 is 9.53 Å². The van der Waals surface area contributed by atoms with Gasteiger partial charge in [0.2, 0.25) is 0 Å². The smallest absolute Gasteiger partial charge is 0.307 e. The van der Waals surface area contributed by atoms with Gasteiger partial charge in [0.05, 0.1) is 6.42 Å². The molecule has 17 heavy (non-hydrogen) atoms. The van der Waals surface area contributed by atoms with Crippen LogP contribution in [0, 0.1) is 11.3 Å². The first-order valence-electron chi connectivity index (χ1n) is 6.77. The lowest BCUT2D eigenvalue weighted by molar-refractivity contribution is -0.153. The molecule has 1 saturated carbocycles. The number of rotatable bonds is 4. The predicted octanol–water partition coefficient (Wildman–Crippen LogP) is 2.87. The highest BCUT2D eigenvalue weighted by Gasteiger charge is 2.33. The molecule has 0 saturated heterocycles. The lowest BCUT2D eigenvalue weighted by Gasteiger charge is -2.38. The maximum absolute atomic E-state index is 11.7. The first kappa shape index (κ1) is 14.5. The second kappa shape index (κ2) is 5.85. The third-order valence-electron chi connectivity index (χ3n) is 3.60. The Kier molecular flexibility index (Phi) is 4.99. The zero-order chi connectivity index (χ0) is 13.1. The summed E-state index contributed by atoms with van der Waals surface area (Å²) in [7, 11) is 0. The van der Waals surface area contributed by atoms with E-state index in [1.807, 2.05) is 6.92 Å². The van der Waals surface area contributed by atoms with Gasteiger partial charge >= 0.3 is 5.97 Å². The minimum Gasteiger partial charge on any atom is -0.462 e. The Bertz CT molecular complexity index is 263. The molecule has 0 aromatic heterocycles. The zero-order valence-electron chi connectivity index (χ0n) is 11.7. The van der Waals surface area contributed by atoms with E-state index in [4.69, 9.17) is 10.5 Å². The average Bonchev–Trinajstić information content (AvgIpc) is 2.13. The maximum Gasteiger partial charge on any atom is 0.307 e. The van der Waals surface area contributed by atoms with Crippen molar-refractivity contribution in [3.63, 3.8) is 0 Å². The summed E-state index contributed by atoms with van der Waals surface area (Å²) in [4.78, 5) is 11.7. The number of nitrogens with two attached hydrogens (primary N) is 1. The van der Waals surface area contributed by atoms with E-state index in [0.29, 0.717) is 12.3 Å². The van der Waals surface area contributed by atoms with E-state index in [9.17, 15) is 4.79 Å². The molecule has 3 unspecified atom stereocenters. The number of esters is 1. The van der Waals surface area contributed by atoms with Gasteiger partial charge in [0, 0.05) is 6.04 Å². The number of hydrogen-bond donors (Lipinski definition) is 1. The summed E-state index contributed by atoms with van der Waals surface area (Å²) < 4.78 is 5.55. The Morgan fingerprint density at radius 2 is 2.12 bits per heavy atom. The molecule has 1 rings (SSSR count). The SMILES string of the molecule is CCC(N)CC(=O)OC1CC(C)CC(C)(C)C1. The van der Waals surface area contributed by atoms with Crippen LogP contribution in [-0.2, 0) is 9.53 Å². The molecule has 1 aliphatic carbocycles. The molecule has 0 bridgehead atoms. The van der Waals surface area contributed by atoms with Gasteiger partial charge < -0.3 is 10.5 Å². The van der Waals surface area contributed by atoms with Gasteiger partial charge in [-0.2, -0.15) is 0 Å². The molecule has 0 aliphatic heterocycles. The van der Waals surface area contributed by atoms with Gasteiger partial charge in [0.1, 0.15) is 6.10 Å². The number of ether oxygens (including phenoxy) is 1. The van der Waals surface area contributed by atoms with Crippen molar-refractivity contribution in [1.82, 2.24) is 0 Å². The van der Waals surface area contributed by atoms with Crippen LogP contribution >= 0.6 is 0 Å². The molecular formula is C14H27NO2. The van der Waals surface area contributed by atoms with Crippen LogP contribution in [-0.4, -0.2) is 18.1 Å². The Morgan fingerprint density at radius 3 is 2.65 bits per heavy atom. The van der Waals surface area contributed by atoms with E-state index in [2.05, 4.69) is 20.8 Å². The van der Waals surface area contributed by atoms with Crippen molar-refractivity contribution in [2.45, 2.75) is 71.9 Å². The molecule has 0 aromatic carbocycles. The highest BCUT2D eigenvalue weighted by Crippen LogP contribution is 2.39. The highest BCUT2D eigenvalue weighted by atomic mass is 16.5. The molecule has 0 spiro atoms. The first-order chi connectivity index (χ1) is 7.82. The van der Waals surface area contributed by atoms with Crippen LogP contribution in [0.3, 0.4) is 0 Å². The van der Waals surface area contributed by atoms with Crippen molar-refractivity contribution in [2.24, 2.45) is 17.1 Å². The molecule has 100 valence electrons. The first-order valence-corrected chi connectivity index (χ1v) is 6.77. The van der Waals surface area contributed by atoms with Crippen molar-refractivity contribution >= 4 is 5.97 Å². The molecule has 1 aliphatic rings. The third-order valence-corrected chi connectivity index (χ3v) is 3.60. The highest BCUT2D eigenvalue weighted by molar-refractivity contribution is 5.70. The van der Waals surface area contributed by atoms with Crippen LogP contribution in [0.15, 0.2) is 0 Å². The van der Waals surface area contributed by atoms with Gasteiger partial charge in [-0.05, 0) is 37.0 Å². The molecular weight excluding hydrogens is 214 g/mol. The van der Waals surface area contributed by atoms with Crippen molar-refractivity contribution in [1.29, 1.82) is 0 Å². The second-order valence-electron chi connectivity index (χ2n) is 6.40. The molecule has 0 heterocycles. The van der Waals surface area contributed by atoms with E-state index in [1.165, 1.54) is 6.42 Å². The molecule has 3 heteroatoms. The molecule has 2 N–H and O–H groups in total. The van der Waals surface area contributed by atoms with E-state index in [1.54, 1.807) is 0 Å². The molecule has 0 amide bonds. The minimum atomic E-state index is -0.130. The Balaban J connectivity index is 2.43. The maximum atomic E-state index is 11.7. The minimum absolute atomic E-state index is 0.0588. The quantitative estimate of drug-likeness (QED) is 0.770. The van der Waals surface area contributed by atoms with Gasteiger partial charge in [-0.3, -0.25) is 4.79 Å². The summed E-state index contributed by atoms with van der Waals surface area (Å²) >= 11 is 0. The second-order valence-corrected chi connectivity index (χ2v) is 6.40. The topological polar surface area (TPSA) is 52.3 Å². The summed E-state index contributed by atoms with van der Waals surface area (Å²) in [5, 5.41) is 0. The molecule has 0 radical (unpaired) electrons. The Morgan fingerprint density at radius 1 is 1.47 bits per heavy atom. The Hall–Kier alpha value is -0.570. The van der Waals surface area contributed by atoms with Crippen LogP contribution in [0.25, 0.3) is 0 Å². The molecule has 1 fully saturated rings. The van der Waals surface area contributed by atoms with Crippen molar-refractivity contribution in [3.8, 4) is 0 Å². The average molecular weight is 241 g/mol.